The van der Waals surface area contributed by atoms with Crippen molar-refractivity contribution < 1.29 is 17.6 Å². The van der Waals surface area contributed by atoms with E-state index in [0.717, 1.165) is 16.4 Å². The van der Waals surface area contributed by atoms with Crippen molar-refractivity contribution in [3.63, 3.8) is 0 Å². The zero-order chi connectivity index (χ0) is 19.7. The number of para-hydroxylation sites is 1. The number of fused-ring (bicyclic) bond motifs is 3. The Morgan fingerprint density at radius 2 is 1.57 bits per heavy atom. The van der Waals surface area contributed by atoms with E-state index in [4.69, 9.17) is 4.42 Å². The van der Waals surface area contributed by atoms with Gasteiger partial charge in [-0.25, -0.2) is 8.42 Å². The molecule has 142 valence electrons. The lowest BCUT2D eigenvalue weighted by atomic mass is 10.1. The number of nitrogens with one attached hydrogen (secondary N) is 2. The van der Waals surface area contributed by atoms with Gasteiger partial charge >= 0.3 is 0 Å². The summed E-state index contributed by atoms with van der Waals surface area (Å²) >= 11 is 0. The van der Waals surface area contributed by atoms with Crippen molar-refractivity contribution in [3.8, 4) is 0 Å². The van der Waals surface area contributed by atoms with Crippen molar-refractivity contribution in [2.75, 3.05) is 15.8 Å². The molecule has 2 N–H and O–H groups in total. The molecule has 0 fully saturated rings. The smallest absolute Gasteiger partial charge is 0.255 e. The standard InChI is InChI=1S/C21H18N2O4S/c1-2-28(25,26)23-15-9-7-14(8-10-15)21(24)22-16-11-12-18-17-5-3-4-6-19(17)27-20(18)13-16/h3-13,23H,2H2,1H3,(H,22,24). The molecule has 0 bridgehead atoms. The number of benzene rings is 3. The number of carbonyl (C=O) groups excluding carboxylic acids is 1. The van der Waals surface area contributed by atoms with E-state index in [2.05, 4.69) is 10.0 Å². The number of hydrogen-bond acceptors (Lipinski definition) is 4. The summed E-state index contributed by atoms with van der Waals surface area (Å²) in [7, 11) is -3.35. The van der Waals surface area contributed by atoms with Crippen LogP contribution in [-0.4, -0.2) is 20.1 Å². The molecule has 0 aliphatic heterocycles. The predicted molar refractivity (Wildman–Crippen MR) is 111 cm³/mol. The first kappa shape index (κ1) is 18.1. The summed E-state index contributed by atoms with van der Waals surface area (Å²) < 4.78 is 31.5. The third-order valence-electron chi connectivity index (χ3n) is 4.44. The van der Waals surface area contributed by atoms with Gasteiger partial charge in [0.2, 0.25) is 10.0 Å². The first-order valence-electron chi connectivity index (χ1n) is 8.78. The second kappa shape index (κ2) is 7.01. The van der Waals surface area contributed by atoms with Crippen LogP contribution in [0.1, 0.15) is 17.3 Å². The van der Waals surface area contributed by atoms with Crippen molar-refractivity contribution in [2.24, 2.45) is 0 Å². The molecule has 28 heavy (non-hydrogen) atoms. The first-order valence-corrected chi connectivity index (χ1v) is 10.4. The summed E-state index contributed by atoms with van der Waals surface area (Å²) in [5.74, 6) is -0.306. The molecular weight excluding hydrogens is 376 g/mol. The number of furan rings is 1. The Labute approximate surface area is 162 Å². The highest BCUT2D eigenvalue weighted by Gasteiger charge is 2.11. The van der Waals surface area contributed by atoms with Crippen LogP contribution in [0.3, 0.4) is 0 Å². The van der Waals surface area contributed by atoms with Gasteiger partial charge in [-0.2, -0.15) is 0 Å². The van der Waals surface area contributed by atoms with Gasteiger partial charge in [0.05, 0.1) is 5.75 Å². The topological polar surface area (TPSA) is 88.4 Å². The second-order valence-electron chi connectivity index (χ2n) is 6.35. The Morgan fingerprint density at radius 1 is 0.893 bits per heavy atom. The lowest BCUT2D eigenvalue weighted by Crippen LogP contribution is -2.15. The van der Waals surface area contributed by atoms with Crippen LogP contribution in [0.5, 0.6) is 0 Å². The fraction of sp³-hybridized carbons (Fsp3) is 0.0952. The number of anilines is 2. The van der Waals surface area contributed by atoms with E-state index in [0.29, 0.717) is 22.5 Å². The number of rotatable bonds is 5. The molecular formula is C21H18N2O4S. The Balaban J connectivity index is 1.54. The van der Waals surface area contributed by atoms with Crippen molar-refractivity contribution in [1.29, 1.82) is 0 Å². The Morgan fingerprint density at radius 3 is 2.32 bits per heavy atom. The fourth-order valence-electron chi connectivity index (χ4n) is 2.95. The molecule has 3 aromatic carbocycles. The predicted octanol–water partition coefficient (Wildman–Crippen LogP) is 4.60. The molecule has 0 spiro atoms. The van der Waals surface area contributed by atoms with E-state index in [9.17, 15) is 13.2 Å². The molecule has 1 aromatic heterocycles. The van der Waals surface area contributed by atoms with Gasteiger partial charge in [0, 0.05) is 33.8 Å². The van der Waals surface area contributed by atoms with E-state index in [1.807, 2.05) is 36.4 Å². The van der Waals surface area contributed by atoms with Crippen LogP contribution in [0.4, 0.5) is 11.4 Å². The molecule has 0 saturated heterocycles. The van der Waals surface area contributed by atoms with E-state index in [-0.39, 0.29) is 11.7 Å². The van der Waals surface area contributed by atoms with Crippen LogP contribution in [0.2, 0.25) is 0 Å². The SMILES string of the molecule is CCS(=O)(=O)Nc1ccc(C(=O)Nc2ccc3c(c2)oc2ccccc23)cc1. The highest BCUT2D eigenvalue weighted by molar-refractivity contribution is 7.92. The van der Waals surface area contributed by atoms with Gasteiger partial charge in [-0.15, -0.1) is 0 Å². The molecule has 0 aliphatic rings. The monoisotopic (exact) mass is 394 g/mol. The van der Waals surface area contributed by atoms with Gasteiger partial charge in [-0.1, -0.05) is 18.2 Å². The van der Waals surface area contributed by atoms with Crippen molar-refractivity contribution in [3.05, 3.63) is 72.3 Å². The Hall–Kier alpha value is -3.32. The van der Waals surface area contributed by atoms with Crippen LogP contribution in [0.15, 0.2) is 71.1 Å². The number of sulfonamides is 1. The maximum atomic E-state index is 12.5. The average molecular weight is 394 g/mol. The van der Waals surface area contributed by atoms with E-state index >= 15 is 0 Å². The molecule has 0 radical (unpaired) electrons. The number of hydrogen-bond donors (Lipinski definition) is 2. The highest BCUT2D eigenvalue weighted by atomic mass is 32.2. The van der Waals surface area contributed by atoms with Gasteiger partial charge in [-0.05, 0) is 49.4 Å². The van der Waals surface area contributed by atoms with Crippen molar-refractivity contribution in [2.45, 2.75) is 6.92 Å². The minimum atomic E-state index is -3.35. The molecule has 1 amide bonds. The third kappa shape index (κ3) is 3.57. The van der Waals surface area contributed by atoms with Crippen molar-refractivity contribution in [1.82, 2.24) is 0 Å². The number of amides is 1. The van der Waals surface area contributed by atoms with E-state index < -0.39 is 10.0 Å². The molecule has 0 atom stereocenters. The van der Waals surface area contributed by atoms with Gasteiger partial charge in [0.1, 0.15) is 11.2 Å². The van der Waals surface area contributed by atoms with Gasteiger partial charge in [0.15, 0.2) is 0 Å². The molecule has 4 rings (SSSR count). The molecule has 4 aromatic rings. The minimum absolute atomic E-state index is 0.0144. The largest absolute Gasteiger partial charge is 0.456 e. The average Bonchev–Trinajstić information content (AvgIpc) is 3.06. The molecule has 0 aliphatic carbocycles. The van der Waals surface area contributed by atoms with Gasteiger partial charge < -0.3 is 9.73 Å². The lowest BCUT2D eigenvalue weighted by Gasteiger charge is -2.08. The highest BCUT2D eigenvalue weighted by Crippen LogP contribution is 2.30. The molecule has 0 unspecified atom stereocenters. The van der Waals surface area contributed by atoms with Crippen LogP contribution in [-0.2, 0) is 10.0 Å². The van der Waals surface area contributed by atoms with Gasteiger partial charge in [-0.3, -0.25) is 9.52 Å². The normalized spacial score (nSPS) is 11.6. The maximum absolute atomic E-state index is 12.5. The number of carbonyl (C=O) groups is 1. The van der Waals surface area contributed by atoms with E-state index in [1.54, 1.807) is 37.3 Å². The molecule has 1 heterocycles. The van der Waals surface area contributed by atoms with Crippen molar-refractivity contribution >= 4 is 49.2 Å². The van der Waals surface area contributed by atoms with Crippen LogP contribution < -0.4 is 10.0 Å². The summed E-state index contributed by atoms with van der Waals surface area (Å²) in [4.78, 5) is 12.5. The second-order valence-corrected chi connectivity index (χ2v) is 8.36. The fourth-order valence-corrected chi connectivity index (χ4v) is 3.59. The third-order valence-corrected chi connectivity index (χ3v) is 5.74. The van der Waals surface area contributed by atoms with Crippen LogP contribution >= 0.6 is 0 Å². The summed E-state index contributed by atoms with van der Waals surface area (Å²) in [6.07, 6.45) is 0. The van der Waals surface area contributed by atoms with E-state index in [1.165, 1.54) is 0 Å². The Bertz CT molecular complexity index is 1280. The summed E-state index contributed by atoms with van der Waals surface area (Å²) in [5.41, 5.74) is 2.95. The zero-order valence-corrected chi connectivity index (χ0v) is 15.9. The Kier molecular flexibility index (Phi) is 4.52. The summed E-state index contributed by atoms with van der Waals surface area (Å²) in [5, 5.41) is 4.85. The lowest BCUT2D eigenvalue weighted by molar-refractivity contribution is 0.102. The maximum Gasteiger partial charge on any atom is 0.255 e. The first-order chi connectivity index (χ1) is 13.4. The minimum Gasteiger partial charge on any atom is -0.456 e. The van der Waals surface area contributed by atoms with Crippen LogP contribution in [0.25, 0.3) is 21.9 Å². The molecule has 0 saturated carbocycles. The molecule has 7 heteroatoms. The quantitative estimate of drug-likeness (QED) is 0.518. The van der Waals surface area contributed by atoms with Crippen LogP contribution in [0, 0.1) is 0 Å². The van der Waals surface area contributed by atoms with Gasteiger partial charge in [0.25, 0.3) is 5.91 Å². The zero-order valence-electron chi connectivity index (χ0n) is 15.1. The molecule has 6 nitrogen and oxygen atoms in total. The summed E-state index contributed by atoms with van der Waals surface area (Å²) in [6, 6.07) is 19.6. The summed E-state index contributed by atoms with van der Waals surface area (Å²) in [6.45, 7) is 1.56.